The van der Waals surface area contributed by atoms with Crippen LogP contribution in [0.3, 0.4) is 0 Å². The van der Waals surface area contributed by atoms with Gasteiger partial charge in [0.05, 0.1) is 5.41 Å². The van der Waals surface area contributed by atoms with Crippen LogP contribution in [0.2, 0.25) is 0 Å². The summed E-state index contributed by atoms with van der Waals surface area (Å²) >= 11 is 0. The van der Waals surface area contributed by atoms with Crippen LogP contribution in [0.15, 0.2) is 0 Å². The highest BCUT2D eigenvalue weighted by atomic mass is 35.5. The third kappa shape index (κ3) is 4.35. The molecular formula is C15H29ClN2O. The van der Waals surface area contributed by atoms with Crippen molar-refractivity contribution in [1.82, 2.24) is 5.32 Å². The van der Waals surface area contributed by atoms with Gasteiger partial charge in [-0.25, -0.2) is 0 Å². The van der Waals surface area contributed by atoms with E-state index in [1.54, 1.807) is 0 Å². The van der Waals surface area contributed by atoms with Gasteiger partial charge in [0.15, 0.2) is 0 Å². The fourth-order valence-corrected chi connectivity index (χ4v) is 3.57. The van der Waals surface area contributed by atoms with Gasteiger partial charge >= 0.3 is 0 Å². The molecule has 19 heavy (non-hydrogen) atoms. The lowest BCUT2D eigenvalue weighted by atomic mass is 9.73. The predicted octanol–water partition coefficient (Wildman–Crippen LogP) is 3.01. The fourth-order valence-electron chi connectivity index (χ4n) is 3.57. The predicted molar refractivity (Wildman–Crippen MR) is 81.4 cm³/mol. The smallest absolute Gasteiger partial charge is 0.227 e. The molecule has 0 aliphatic heterocycles. The number of carbonyl (C=O) groups excluding carboxylic acids is 1. The molecule has 0 radical (unpaired) electrons. The molecule has 0 aromatic carbocycles. The zero-order valence-electron chi connectivity index (χ0n) is 12.0. The van der Waals surface area contributed by atoms with Gasteiger partial charge in [-0.1, -0.05) is 38.5 Å². The number of amides is 1. The molecule has 2 saturated carbocycles. The Morgan fingerprint density at radius 3 is 2.21 bits per heavy atom. The van der Waals surface area contributed by atoms with Gasteiger partial charge in [-0.2, -0.15) is 0 Å². The minimum atomic E-state index is -0.243. The van der Waals surface area contributed by atoms with E-state index in [4.69, 9.17) is 5.73 Å². The van der Waals surface area contributed by atoms with Crippen molar-refractivity contribution >= 4 is 18.3 Å². The Hall–Kier alpha value is -0.280. The van der Waals surface area contributed by atoms with Crippen molar-refractivity contribution in [2.45, 2.75) is 64.2 Å². The summed E-state index contributed by atoms with van der Waals surface area (Å²) in [6.45, 7) is 1.39. The van der Waals surface area contributed by atoms with Crippen molar-refractivity contribution in [2.75, 3.05) is 13.1 Å². The van der Waals surface area contributed by atoms with Gasteiger partial charge in [-0.05, 0) is 31.6 Å². The molecule has 2 fully saturated rings. The molecule has 2 rings (SSSR count). The molecule has 0 heterocycles. The fraction of sp³-hybridized carbons (Fsp3) is 0.933. The second-order valence-electron chi connectivity index (χ2n) is 6.26. The van der Waals surface area contributed by atoms with Crippen LogP contribution in [0, 0.1) is 11.3 Å². The quantitative estimate of drug-likeness (QED) is 0.835. The lowest BCUT2D eigenvalue weighted by molar-refractivity contribution is -0.132. The number of hydrogen-bond acceptors (Lipinski definition) is 2. The SMILES string of the molecule is Cl.NCC1(C(=O)NCC2CCCCC2)CCCCC1. The molecule has 3 N–H and O–H groups in total. The summed E-state index contributed by atoms with van der Waals surface area (Å²) < 4.78 is 0. The Bertz CT molecular complexity index is 271. The summed E-state index contributed by atoms with van der Waals surface area (Å²) in [4.78, 5) is 12.4. The lowest BCUT2D eigenvalue weighted by Gasteiger charge is -2.35. The first-order chi connectivity index (χ1) is 8.77. The maximum absolute atomic E-state index is 12.4. The molecular weight excluding hydrogens is 260 g/mol. The summed E-state index contributed by atoms with van der Waals surface area (Å²) in [5, 5.41) is 3.19. The van der Waals surface area contributed by atoms with Crippen LogP contribution in [0.25, 0.3) is 0 Å². The van der Waals surface area contributed by atoms with Crippen molar-refractivity contribution in [1.29, 1.82) is 0 Å². The van der Waals surface area contributed by atoms with Crippen LogP contribution in [-0.4, -0.2) is 19.0 Å². The Balaban J connectivity index is 0.00000180. The Morgan fingerprint density at radius 1 is 1.05 bits per heavy atom. The lowest BCUT2D eigenvalue weighted by Crippen LogP contribution is -2.48. The minimum absolute atomic E-state index is 0. The van der Waals surface area contributed by atoms with Crippen LogP contribution in [0.5, 0.6) is 0 Å². The van der Waals surface area contributed by atoms with E-state index < -0.39 is 0 Å². The summed E-state index contributed by atoms with van der Waals surface area (Å²) in [6.07, 6.45) is 12.2. The van der Waals surface area contributed by atoms with Gasteiger partial charge in [-0.3, -0.25) is 4.79 Å². The van der Waals surface area contributed by atoms with Gasteiger partial charge in [0.1, 0.15) is 0 Å². The van der Waals surface area contributed by atoms with E-state index in [0.717, 1.165) is 32.2 Å². The number of hydrogen-bond donors (Lipinski definition) is 2. The zero-order valence-corrected chi connectivity index (χ0v) is 12.8. The second-order valence-corrected chi connectivity index (χ2v) is 6.26. The van der Waals surface area contributed by atoms with Gasteiger partial charge in [-0.15, -0.1) is 12.4 Å². The normalized spacial score (nSPS) is 23.4. The first-order valence-corrected chi connectivity index (χ1v) is 7.75. The molecule has 0 saturated heterocycles. The standard InChI is InChI=1S/C15H28N2O.ClH/c16-12-15(9-5-2-6-10-15)14(18)17-11-13-7-3-1-4-8-13;/h13H,1-12,16H2,(H,17,18);1H. The molecule has 0 bridgehead atoms. The third-order valence-corrected chi connectivity index (χ3v) is 4.96. The second kappa shape index (κ2) is 8.11. The average molecular weight is 289 g/mol. The van der Waals surface area contributed by atoms with Gasteiger partial charge in [0.25, 0.3) is 0 Å². The maximum Gasteiger partial charge on any atom is 0.227 e. The molecule has 0 spiro atoms. The topological polar surface area (TPSA) is 55.1 Å². The Morgan fingerprint density at radius 2 is 1.63 bits per heavy atom. The molecule has 0 unspecified atom stereocenters. The third-order valence-electron chi connectivity index (χ3n) is 4.96. The number of rotatable bonds is 4. The van der Waals surface area contributed by atoms with Crippen molar-refractivity contribution in [3.63, 3.8) is 0 Å². The highest BCUT2D eigenvalue weighted by molar-refractivity contribution is 5.85. The summed E-state index contributed by atoms with van der Waals surface area (Å²) in [5.74, 6) is 0.941. The van der Waals surface area contributed by atoms with Crippen LogP contribution < -0.4 is 11.1 Å². The average Bonchev–Trinajstić information content (AvgIpc) is 2.46. The van der Waals surface area contributed by atoms with E-state index in [1.165, 1.54) is 38.5 Å². The Labute approximate surface area is 123 Å². The number of nitrogens with two attached hydrogens (primary N) is 1. The maximum atomic E-state index is 12.4. The van der Waals surface area contributed by atoms with E-state index in [-0.39, 0.29) is 23.7 Å². The summed E-state index contributed by atoms with van der Waals surface area (Å²) in [6, 6.07) is 0. The zero-order chi connectivity index (χ0) is 12.8. The molecule has 0 atom stereocenters. The first kappa shape index (κ1) is 16.8. The molecule has 2 aliphatic rings. The van der Waals surface area contributed by atoms with Crippen molar-refractivity contribution in [3.05, 3.63) is 0 Å². The van der Waals surface area contributed by atoms with E-state index in [2.05, 4.69) is 5.32 Å². The van der Waals surface area contributed by atoms with Gasteiger partial charge in [0.2, 0.25) is 5.91 Å². The van der Waals surface area contributed by atoms with Crippen LogP contribution >= 0.6 is 12.4 Å². The monoisotopic (exact) mass is 288 g/mol. The molecule has 1 amide bonds. The molecule has 112 valence electrons. The molecule has 2 aliphatic carbocycles. The molecule has 0 aromatic rings. The van der Waals surface area contributed by atoms with Crippen LogP contribution in [0.1, 0.15) is 64.2 Å². The highest BCUT2D eigenvalue weighted by Crippen LogP contribution is 2.35. The highest BCUT2D eigenvalue weighted by Gasteiger charge is 2.38. The van der Waals surface area contributed by atoms with Crippen LogP contribution in [0.4, 0.5) is 0 Å². The Kier molecular flexibility index (Phi) is 7.16. The van der Waals surface area contributed by atoms with Crippen molar-refractivity contribution < 1.29 is 4.79 Å². The first-order valence-electron chi connectivity index (χ1n) is 7.75. The van der Waals surface area contributed by atoms with Crippen molar-refractivity contribution in [3.8, 4) is 0 Å². The van der Waals surface area contributed by atoms with E-state index in [9.17, 15) is 4.79 Å². The largest absolute Gasteiger partial charge is 0.355 e. The molecule has 3 nitrogen and oxygen atoms in total. The van der Waals surface area contributed by atoms with E-state index >= 15 is 0 Å². The number of nitrogens with one attached hydrogen (secondary N) is 1. The van der Waals surface area contributed by atoms with Gasteiger partial charge < -0.3 is 11.1 Å². The van der Waals surface area contributed by atoms with E-state index in [0.29, 0.717) is 12.5 Å². The van der Waals surface area contributed by atoms with Crippen molar-refractivity contribution in [2.24, 2.45) is 17.1 Å². The number of halogens is 1. The molecule has 4 heteroatoms. The minimum Gasteiger partial charge on any atom is -0.355 e. The molecule has 0 aromatic heterocycles. The van der Waals surface area contributed by atoms with Gasteiger partial charge in [0, 0.05) is 13.1 Å². The number of carbonyl (C=O) groups is 1. The summed E-state index contributed by atoms with van der Waals surface area (Å²) in [7, 11) is 0. The van der Waals surface area contributed by atoms with E-state index in [1.807, 2.05) is 0 Å². The van der Waals surface area contributed by atoms with Crippen LogP contribution in [-0.2, 0) is 4.79 Å². The summed E-state index contributed by atoms with van der Waals surface area (Å²) in [5.41, 5.74) is 5.64.